The molecule has 1 N–H and O–H groups in total. The summed E-state index contributed by atoms with van der Waals surface area (Å²) in [7, 11) is 3.29. The number of hydrogen-bond donors (Lipinski definition) is 1. The van der Waals surface area contributed by atoms with Crippen LogP contribution in [0.5, 0.6) is 0 Å². The summed E-state index contributed by atoms with van der Waals surface area (Å²) in [5.74, 6) is 0.531. The third-order valence-corrected chi connectivity index (χ3v) is 3.78. The van der Waals surface area contributed by atoms with Crippen molar-refractivity contribution in [3.8, 4) is 0 Å². The standard InChI is InChI=1S/C14H19N5O2/c1-18-12(9-19-7-5-15-6-8-19)16-10-3-4-11(14(20)21-2)17-13(10)18/h3-4,15H,5-9H2,1-2H3. The van der Waals surface area contributed by atoms with E-state index in [0.717, 1.165) is 44.1 Å². The fourth-order valence-corrected chi connectivity index (χ4v) is 2.54. The zero-order valence-electron chi connectivity index (χ0n) is 12.3. The van der Waals surface area contributed by atoms with Gasteiger partial charge in [0.2, 0.25) is 0 Å². The second kappa shape index (κ2) is 5.79. The number of carbonyl (C=O) groups is 1. The van der Waals surface area contributed by atoms with Gasteiger partial charge in [0.1, 0.15) is 11.3 Å². The molecule has 0 spiro atoms. The van der Waals surface area contributed by atoms with E-state index in [1.54, 1.807) is 6.07 Å². The number of imidazole rings is 1. The molecule has 0 saturated carbocycles. The molecular formula is C14H19N5O2. The van der Waals surface area contributed by atoms with Gasteiger partial charge in [-0.15, -0.1) is 0 Å². The molecule has 1 aliphatic heterocycles. The summed E-state index contributed by atoms with van der Waals surface area (Å²) in [6.07, 6.45) is 0. The Labute approximate surface area is 122 Å². The van der Waals surface area contributed by atoms with Crippen LogP contribution in [0.3, 0.4) is 0 Å². The number of rotatable bonds is 3. The van der Waals surface area contributed by atoms with Crippen LogP contribution < -0.4 is 5.32 Å². The lowest BCUT2D eigenvalue weighted by atomic mass is 10.3. The number of piperazine rings is 1. The third-order valence-electron chi connectivity index (χ3n) is 3.78. The van der Waals surface area contributed by atoms with Crippen molar-refractivity contribution in [2.45, 2.75) is 6.54 Å². The Hall–Kier alpha value is -1.99. The van der Waals surface area contributed by atoms with E-state index in [9.17, 15) is 4.79 Å². The predicted octanol–water partition coefficient (Wildman–Crippen LogP) is 0.160. The van der Waals surface area contributed by atoms with E-state index in [0.29, 0.717) is 11.3 Å². The highest BCUT2D eigenvalue weighted by molar-refractivity contribution is 5.89. The van der Waals surface area contributed by atoms with E-state index in [-0.39, 0.29) is 0 Å². The first-order chi connectivity index (χ1) is 10.2. The van der Waals surface area contributed by atoms with E-state index in [1.165, 1.54) is 7.11 Å². The lowest BCUT2D eigenvalue weighted by molar-refractivity contribution is 0.0594. The van der Waals surface area contributed by atoms with E-state index in [4.69, 9.17) is 4.74 Å². The van der Waals surface area contributed by atoms with Crippen molar-refractivity contribution in [2.24, 2.45) is 7.05 Å². The summed E-state index contributed by atoms with van der Waals surface area (Å²) >= 11 is 0. The first-order valence-electron chi connectivity index (χ1n) is 7.03. The van der Waals surface area contributed by atoms with Crippen LogP contribution in [0.1, 0.15) is 16.3 Å². The summed E-state index contributed by atoms with van der Waals surface area (Å²) in [5.41, 5.74) is 1.82. The number of nitrogens with one attached hydrogen (secondary N) is 1. The maximum atomic E-state index is 11.6. The molecule has 7 heteroatoms. The quantitative estimate of drug-likeness (QED) is 0.812. The van der Waals surface area contributed by atoms with Gasteiger partial charge in [-0.25, -0.2) is 14.8 Å². The van der Waals surface area contributed by atoms with Crippen molar-refractivity contribution < 1.29 is 9.53 Å². The average molecular weight is 289 g/mol. The number of methoxy groups -OCH3 is 1. The molecule has 0 bridgehead atoms. The molecule has 7 nitrogen and oxygen atoms in total. The molecule has 1 aliphatic rings. The fraction of sp³-hybridized carbons (Fsp3) is 0.500. The molecule has 3 heterocycles. The Morgan fingerprint density at radius 2 is 2.10 bits per heavy atom. The van der Waals surface area contributed by atoms with Gasteiger partial charge in [-0.3, -0.25) is 4.90 Å². The highest BCUT2D eigenvalue weighted by atomic mass is 16.5. The maximum Gasteiger partial charge on any atom is 0.356 e. The second-order valence-electron chi connectivity index (χ2n) is 5.14. The predicted molar refractivity (Wildman–Crippen MR) is 78.0 cm³/mol. The van der Waals surface area contributed by atoms with Crippen LogP contribution in [-0.2, 0) is 18.3 Å². The normalized spacial score (nSPS) is 16.3. The first kappa shape index (κ1) is 14.0. The Morgan fingerprint density at radius 1 is 1.33 bits per heavy atom. The molecule has 0 atom stereocenters. The summed E-state index contributed by atoms with van der Waals surface area (Å²) < 4.78 is 6.66. The van der Waals surface area contributed by atoms with Crippen LogP contribution in [0.15, 0.2) is 12.1 Å². The molecular weight excluding hydrogens is 270 g/mol. The van der Waals surface area contributed by atoms with E-state index < -0.39 is 5.97 Å². The van der Waals surface area contributed by atoms with Crippen LogP contribution in [-0.4, -0.2) is 58.7 Å². The molecule has 0 amide bonds. The molecule has 0 unspecified atom stereocenters. The summed E-state index contributed by atoms with van der Waals surface area (Å²) in [6, 6.07) is 3.46. The molecule has 2 aromatic rings. The Morgan fingerprint density at radius 3 is 2.81 bits per heavy atom. The molecule has 1 fully saturated rings. The number of esters is 1. The van der Waals surface area contributed by atoms with E-state index >= 15 is 0 Å². The van der Waals surface area contributed by atoms with Gasteiger partial charge in [0.15, 0.2) is 11.3 Å². The highest BCUT2D eigenvalue weighted by Gasteiger charge is 2.16. The SMILES string of the molecule is COC(=O)c1ccc2nc(CN3CCNCC3)n(C)c2n1. The van der Waals surface area contributed by atoms with Gasteiger partial charge in [-0.05, 0) is 12.1 Å². The minimum Gasteiger partial charge on any atom is -0.464 e. The minimum atomic E-state index is -0.429. The van der Waals surface area contributed by atoms with Crippen molar-refractivity contribution in [1.82, 2.24) is 24.8 Å². The van der Waals surface area contributed by atoms with Gasteiger partial charge >= 0.3 is 5.97 Å². The van der Waals surface area contributed by atoms with Crippen molar-refractivity contribution in [3.05, 3.63) is 23.7 Å². The monoisotopic (exact) mass is 289 g/mol. The van der Waals surface area contributed by atoms with Gasteiger partial charge in [0, 0.05) is 33.2 Å². The van der Waals surface area contributed by atoms with Crippen molar-refractivity contribution in [3.63, 3.8) is 0 Å². The summed E-state index contributed by atoms with van der Waals surface area (Å²) in [6.45, 7) is 4.85. The number of aromatic nitrogens is 3. The molecule has 2 aromatic heterocycles. The van der Waals surface area contributed by atoms with E-state index in [1.807, 2.05) is 17.7 Å². The molecule has 0 radical (unpaired) electrons. The molecule has 112 valence electrons. The average Bonchev–Trinajstić information content (AvgIpc) is 2.83. The lowest BCUT2D eigenvalue weighted by Crippen LogP contribution is -2.43. The smallest absolute Gasteiger partial charge is 0.356 e. The number of hydrogen-bond acceptors (Lipinski definition) is 6. The molecule has 0 aliphatic carbocycles. The van der Waals surface area contributed by atoms with Crippen LogP contribution in [0.2, 0.25) is 0 Å². The molecule has 3 rings (SSSR count). The van der Waals surface area contributed by atoms with Crippen molar-refractivity contribution >= 4 is 17.1 Å². The molecule has 0 aromatic carbocycles. The number of nitrogens with zero attached hydrogens (tertiary/aromatic N) is 4. The van der Waals surface area contributed by atoms with Gasteiger partial charge in [-0.1, -0.05) is 0 Å². The largest absolute Gasteiger partial charge is 0.464 e. The number of aryl methyl sites for hydroxylation is 1. The zero-order valence-corrected chi connectivity index (χ0v) is 12.3. The molecule has 21 heavy (non-hydrogen) atoms. The van der Waals surface area contributed by atoms with Gasteiger partial charge in [-0.2, -0.15) is 0 Å². The van der Waals surface area contributed by atoms with Crippen LogP contribution >= 0.6 is 0 Å². The number of ether oxygens (including phenoxy) is 1. The topological polar surface area (TPSA) is 72.3 Å². The van der Waals surface area contributed by atoms with E-state index in [2.05, 4.69) is 20.2 Å². The summed E-state index contributed by atoms with van der Waals surface area (Å²) in [5, 5.41) is 3.34. The van der Waals surface area contributed by atoms with Gasteiger partial charge in [0.05, 0.1) is 13.7 Å². The second-order valence-corrected chi connectivity index (χ2v) is 5.14. The lowest BCUT2D eigenvalue weighted by Gasteiger charge is -2.26. The Bertz CT molecular complexity index is 661. The Balaban J connectivity index is 1.89. The maximum absolute atomic E-state index is 11.6. The number of carbonyl (C=O) groups excluding carboxylic acids is 1. The van der Waals surface area contributed by atoms with Crippen molar-refractivity contribution in [1.29, 1.82) is 0 Å². The highest BCUT2D eigenvalue weighted by Crippen LogP contribution is 2.15. The summed E-state index contributed by atoms with van der Waals surface area (Å²) in [4.78, 5) is 22.9. The van der Waals surface area contributed by atoms with Crippen LogP contribution in [0.25, 0.3) is 11.2 Å². The fourth-order valence-electron chi connectivity index (χ4n) is 2.54. The minimum absolute atomic E-state index is 0.307. The first-order valence-corrected chi connectivity index (χ1v) is 7.03. The Kier molecular flexibility index (Phi) is 3.85. The number of fused-ring (bicyclic) bond motifs is 1. The third kappa shape index (κ3) is 2.74. The van der Waals surface area contributed by atoms with Gasteiger partial charge < -0.3 is 14.6 Å². The number of pyridine rings is 1. The van der Waals surface area contributed by atoms with Crippen LogP contribution in [0, 0.1) is 0 Å². The molecule has 1 saturated heterocycles. The zero-order chi connectivity index (χ0) is 14.8. The van der Waals surface area contributed by atoms with Gasteiger partial charge in [0.25, 0.3) is 0 Å². The van der Waals surface area contributed by atoms with Crippen LogP contribution in [0.4, 0.5) is 0 Å². The van der Waals surface area contributed by atoms with Crippen molar-refractivity contribution in [2.75, 3.05) is 33.3 Å².